The van der Waals surface area contributed by atoms with Crippen LogP contribution in [0.2, 0.25) is 0 Å². The number of rotatable bonds is 10. The zero-order chi connectivity index (χ0) is 24.2. The third kappa shape index (κ3) is 6.60. The number of allylic oxidation sites excluding steroid dienone is 3. The Kier molecular flexibility index (Phi) is 7.78. The van der Waals surface area contributed by atoms with Crippen molar-refractivity contribution in [3.63, 3.8) is 0 Å². The van der Waals surface area contributed by atoms with Crippen molar-refractivity contribution in [2.24, 2.45) is 0 Å². The van der Waals surface area contributed by atoms with E-state index in [2.05, 4.69) is 17.2 Å². The predicted octanol–water partition coefficient (Wildman–Crippen LogP) is 5.11. The van der Waals surface area contributed by atoms with E-state index in [0.717, 1.165) is 43.3 Å². The van der Waals surface area contributed by atoms with Crippen LogP contribution in [0.1, 0.15) is 44.2 Å². The van der Waals surface area contributed by atoms with Crippen molar-refractivity contribution >= 4 is 5.91 Å². The molecule has 0 spiro atoms. The Morgan fingerprint density at radius 1 is 1.25 bits per heavy atom. The SMILES string of the molecule is C=C/C=C(\C)C(F)(F)CC[C@H](N[C@@H](c1ccc(F)cc1)C(F)(F)F)C(=O)NC1(C#N)CC1. The molecule has 174 valence electrons. The van der Waals surface area contributed by atoms with Crippen LogP contribution in [-0.4, -0.2) is 29.6 Å². The van der Waals surface area contributed by atoms with E-state index in [1.54, 1.807) is 0 Å². The Labute approximate surface area is 182 Å². The second kappa shape index (κ2) is 9.77. The van der Waals surface area contributed by atoms with Crippen LogP contribution >= 0.6 is 0 Å². The minimum absolute atomic E-state index is 0.319. The molecule has 0 radical (unpaired) electrons. The summed E-state index contributed by atoms with van der Waals surface area (Å²) in [6.07, 6.45) is -3.58. The lowest BCUT2D eigenvalue weighted by atomic mass is 9.98. The van der Waals surface area contributed by atoms with Crippen molar-refractivity contribution in [2.75, 3.05) is 0 Å². The molecule has 4 nitrogen and oxygen atoms in total. The minimum atomic E-state index is -4.90. The zero-order valence-corrected chi connectivity index (χ0v) is 17.3. The highest BCUT2D eigenvalue weighted by atomic mass is 19.4. The van der Waals surface area contributed by atoms with E-state index in [-0.39, 0.29) is 11.1 Å². The molecule has 2 atom stereocenters. The Morgan fingerprint density at radius 3 is 2.31 bits per heavy atom. The Bertz CT molecular complexity index is 898. The maximum atomic E-state index is 14.4. The summed E-state index contributed by atoms with van der Waals surface area (Å²) in [4.78, 5) is 12.7. The van der Waals surface area contributed by atoms with Crippen LogP contribution in [0.15, 0.2) is 48.6 Å². The number of halogens is 6. The van der Waals surface area contributed by atoms with Gasteiger partial charge in [-0.3, -0.25) is 10.1 Å². The number of nitrogens with one attached hydrogen (secondary N) is 2. The smallest absolute Gasteiger partial charge is 0.336 e. The molecule has 2 rings (SSSR count). The summed E-state index contributed by atoms with van der Waals surface area (Å²) in [5.41, 5.74) is -1.93. The highest BCUT2D eigenvalue weighted by Crippen LogP contribution is 2.37. The molecule has 1 aliphatic rings. The monoisotopic (exact) mass is 459 g/mol. The number of alkyl halides is 5. The van der Waals surface area contributed by atoms with Crippen LogP contribution in [0.3, 0.4) is 0 Å². The number of nitrogens with zero attached hydrogens (tertiary/aromatic N) is 1. The van der Waals surface area contributed by atoms with Gasteiger partial charge in [0.05, 0.1) is 12.1 Å². The second-order valence-corrected chi connectivity index (χ2v) is 7.76. The summed E-state index contributed by atoms with van der Waals surface area (Å²) >= 11 is 0. The number of carbonyl (C=O) groups excluding carboxylic acids is 1. The topological polar surface area (TPSA) is 64.9 Å². The highest BCUT2D eigenvalue weighted by Gasteiger charge is 2.48. The molecular formula is C22H23F6N3O. The molecule has 0 heterocycles. The maximum Gasteiger partial charge on any atom is 0.407 e. The molecular weight excluding hydrogens is 436 g/mol. The van der Waals surface area contributed by atoms with Crippen LogP contribution in [-0.2, 0) is 4.79 Å². The van der Waals surface area contributed by atoms with Gasteiger partial charge in [0.25, 0.3) is 5.92 Å². The lowest BCUT2D eigenvalue weighted by Gasteiger charge is -2.29. The van der Waals surface area contributed by atoms with Gasteiger partial charge in [0, 0.05) is 6.42 Å². The number of amides is 1. The molecule has 32 heavy (non-hydrogen) atoms. The van der Waals surface area contributed by atoms with Crippen LogP contribution < -0.4 is 10.6 Å². The van der Waals surface area contributed by atoms with Crippen LogP contribution in [0, 0.1) is 17.1 Å². The first-order valence-corrected chi connectivity index (χ1v) is 9.83. The van der Waals surface area contributed by atoms with E-state index in [1.807, 2.05) is 6.07 Å². The van der Waals surface area contributed by atoms with Crippen molar-refractivity contribution in [3.05, 3.63) is 60.0 Å². The van der Waals surface area contributed by atoms with Gasteiger partial charge in [-0.1, -0.05) is 30.9 Å². The number of benzene rings is 1. The molecule has 2 N–H and O–H groups in total. The molecule has 1 aromatic carbocycles. The lowest BCUT2D eigenvalue weighted by molar-refractivity contribution is -0.161. The number of carbonyl (C=O) groups is 1. The van der Waals surface area contributed by atoms with Gasteiger partial charge in [0.2, 0.25) is 5.91 Å². The van der Waals surface area contributed by atoms with Crippen molar-refractivity contribution < 1.29 is 31.1 Å². The lowest BCUT2D eigenvalue weighted by Crippen LogP contribution is -2.52. The molecule has 0 saturated heterocycles. The zero-order valence-electron chi connectivity index (χ0n) is 17.3. The van der Waals surface area contributed by atoms with Crippen molar-refractivity contribution in [1.29, 1.82) is 5.26 Å². The first-order valence-electron chi connectivity index (χ1n) is 9.83. The van der Waals surface area contributed by atoms with E-state index in [4.69, 9.17) is 5.26 Å². The molecule has 1 amide bonds. The number of hydrogen-bond acceptors (Lipinski definition) is 3. The largest absolute Gasteiger partial charge is 0.407 e. The van der Waals surface area contributed by atoms with E-state index < -0.39 is 54.3 Å². The van der Waals surface area contributed by atoms with Crippen molar-refractivity contribution in [1.82, 2.24) is 10.6 Å². The Hall–Kier alpha value is -2.80. The Morgan fingerprint density at radius 2 is 1.84 bits per heavy atom. The van der Waals surface area contributed by atoms with Gasteiger partial charge >= 0.3 is 6.18 Å². The summed E-state index contributed by atoms with van der Waals surface area (Å²) in [5.74, 6) is -5.12. The van der Waals surface area contributed by atoms with Gasteiger partial charge in [-0.15, -0.1) is 0 Å². The van der Waals surface area contributed by atoms with Gasteiger partial charge in [-0.2, -0.15) is 18.4 Å². The molecule has 0 aromatic heterocycles. The average Bonchev–Trinajstić information content (AvgIpc) is 3.48. The Balaban J connectivity index is 2.30. The highest BCUT2D eigenvalue weighted by molar-refractivity contribution is 5.83. The fourth-order valence-electron chi connectivity index (χ4n) is 3.06. The second-order valence-electron chi connectivity index (χ2n) is 7.76. The number of nitriles is 1. The fourth-order valence-corrected chi connectivity index (χ4v) is 3.06. The molecule has 1 aromatic rings. The van der Waals surface area contributed by atoms with Crippen molar-refractivity contribution in [3.8, 4) is 6.07 Å². The standard InChI is InChI=1S/C22H23F6N3O/c1-3-4-14(2)21(24,25)10-9-17(19(32)31-20(13-29)11-12-20)30-18(22(26,27)28)15-5-7-16(23)8-6-15/h3-8,17-18,30H,1,9-12H2,2H3,(H,31,32)/b14-4+/t17-,18-/m0/s1. The van der Waals surface area contributed by atoms with Crippen LogP contribution in [0.5, 0.6) is 0 Å². The first kappa shape index (κ1) is 25.5. The van der Waals surface area contributed by atoms with E-state index >= 15 is 0 Å². The number of hydrogen-bond donors (Lipinski definition) is 2. The normalized spacial score (nSPS) is 17.8. The van der Waals surface area contributed by atoms with Gasteiger partial charge < -0.3 is 5.32 Å². The molecule has 1 aliphatic carbocycles. The summed E-state index contributed by atoms with van der Waals surface area (Å²) in [6, 6.07) is 1.25. The van der Waals surface area contributed by atoms with E-state index in [9.17, 15) is 31.1 Å². The average molecular weight is 459 g/mol. The van der Waals surface area contributed by atoms with Gasteiger partial charge in [0.1, 0.15) is 17.4 Å². The van der Waals surface area contributed by atoms with Gasteiger partial charge in [-0.25, -0.2) is 13.2 Å². The van der Waals surface area contributed by atoms with Gasteiger partial charge in [0.15, 0.2) is 0 Å². The van der Waals surface area contributed by atoms with E-state index in [1.165, 1.54) is 0 Å². The molecule has 1 saturated carbocycles. The quantitative estimate of drug-likeness (QED) is 0.378. The molecule has 0 unspecified atom stereocenters. The molecule has 1 fully saturated rings. The molecule has 10 heteroatoms. The summed E-state index contributed by atoms with van der Waals surface area (Å²) in [5, 5.41) is 13.6. The third-order valence-corrected chi connectivity index (χ3v) is 5.23. The summed E-state index contributed by atoms with van der Waals surface area (Å²) < 4.78 is 83.2. The van der Waals surface area contributed by atoms with Crippen LogP contribution in [0.4, 0.5) is 26.3 Å². The van der Waals surface area contributed by atoms with Crippen LogP contribution in [0.25, 0.3) is 0 Å². The van der Waals surface area contributed by atoms with Gasteiger partial charge in [-0.05, 0) is 49.5 Å². The molecule has 0 aliphatic heterocycles. The van der Waals surface area contributed by atoms with Crippen molar-refractivity contribution in [2.45, 2.75) is 62.3 Å². The summed E-state index contributed by atoms with van der Waals surface area (Å²) in [6.45, 7) is 4.48. The maximum absolute atomic E-state index is 14.4. The fraction of sp³-hybridized carbons (Fsp3) is 0.455. The summed E-state index contributed by atoms with van der Waals surface area (Å²) in [7, 11) is 0. The third-order valence-electron chi connectivity index (χ3n) is 5.23. The first-order chi connectivity index (χ1) is 14.8. The molecule has 0 bridgehead atoms. The minimum Gasteiger partial charge on any atom is -0.336 e. The van der Waals surface area contributed by atoms with E-state index in [0.29, 0.717) is 12.8 Å². The predicted molar refractivity (Wildman–Crippen MR) is 106 cm³/mol.